The molecule has 2 aromatic heterocycles. The number of benzene rings is 2. The Hall–Kier alpha value is -4.43. The van der Waals surface area contributed by atoms with Crippen LogP contribution in [0.4, 0.5) is 17.2 Å². The molecule has 0 bridgehead atoms. The van der Waals surface area contributed by atoms with Crippen molar-refractivity contribution in [1.29, 1.82) is 0 Å². The van der Waals surface area contributed by atoms with Crippen LogP contribution in [0.15, 0.2) is 85.1 Å². The van der Waals surface area contributed by atoms with Gasteiger partial charge in [0.2, 0.25) is 0 Å². The molecule has 2 aromatic carbocycles. The fraction of sp³-hybridized carbons (Fsp3) is 0.258. The molecule has 0 saturated carbocycles. The minimum absolute atomic E-state index is 0.371. The number of carbonyl (C=O) groups excluding carboxylic acids is 2. The number of piperazine rings is 1. The second-order valence-electron chi connectivity index (χ2n) is 9.55. The van der Waals surface area contributed by atoms with Crippen molar-refractivity contribution in [2.75, 3.05) is 55.0 Å². The van der Waals surface area contributed by atoms with E-state index in [9.17, 15) is 9.59 Å². The van der Waals surface area contributed by atoms with Gasteiger partial charge in [-0.1, -0.05) is 36.4 Å². The van der Waals surface area contributed by atoms with Crippen molar-refractivity contribution in [1.82, 2.24) is 9.55 Å². The molecular formula is C31H33N5O3. The lowest BCUT2D eigenvalue weighted by molar-refractivity contribution is -0.112. The van der Waals surface area contributed by atoms with Crippen molar-refractivity contribution < 1.29 is 14.3 Å². The summed E-state index contributed by atoms with van der Waals surface area (Å²) >= 11 is 0. The van der Waals surface area contributed by atoms with Gasteiger partial charge in [0.25, 0.3) is 11.7 Å². The molecule has 1 N–H and O–H groups in total. The summed E-state index contributed by atoms with van der Waals surface area (Å²) in [5.41, 5.74) is 4.56. The average Bonchev–Trinajstić information content (AvgIpc) is 3.32. The van der Waals surface area contributed by atoms with Gasteiger partial charge < -0.3 is 24.4 Å². The standard InChI is InChI=1S/C31H33N5O3/c1-23-22-27(24-8-4-3-5-9-24)29(36(23)20-21-39-2)30(37)31(38)33-25-11-13-26(14-12-25)34-16-18-35(19-17-34)28-10-6-7-15-32-28/h3-15,22H,16-21H2,1-2H3,(H,33,38). The van der Waals surface area contributed by atoms with Crippen molar-refractivity contribution in [3.8, 4) is 11.1 Å². The Bertz CT molecular complexity index is 1410. The third kappa shape index (κ3) is 5.86. The number of nitrogens with one attached hydrogen (secondary N) is 1. The van der Waals surface area contributed by atoms with Crippen LogP contribution in [-0.4, -0.2) is 61.1 Å². The molecule has 0 radical (unpaired) electrons. The molecule has 200 valence electrons. The molecule has 8 heteroatoms. The molecular weight excluding hydrogens is 490 g/mol. The molecule has 1 saturated heterocycles. The van der Waals surface area contributed by atoms with E-state index in [0.29, 0.717) is 24.5 Å². The van der Waals surface area contributed by atoms with Crippen molar-refractivity contribution >= 4 is 28.9 Å². The van der Waals surface area contributed by atoms with Gasteiger partial charge in [0.1, 0.15) is 11.5 Å². The first-order chi connectivity index (χ1) is 19.0. The van der Waals surface area contributed by atoms with Gasteiger partial charge in [-0.15, -0.1) is 0 Å². The van der Waals surface area contributed by atoms with E-state index in [1.807, 2.05) is 96.6 Å². The van der Waals surface area contributed by atoms with Gasteiger partial charge in [-0.25, -0.2) is 4.98 Å². The van der Waals surface area contributed by atoms with Crippen molar-refractivity contribution in [2.24, 2.45) is 0 Å². The van der Waals surface area contributed by atoms with E-state index in [1.165, 1.54) is 0 Å². The SMILES string of the molecule is COCCn1c(C)cc(-c2ccccc2)c1C(=O)C(=O)Nc1ccc(N2CCN(c3ccccn3)CC2)cc1. The number of pyridine rings is 1. The van der Waals surface area contributed by atoms with Gasteiger partial charge in [-0.3, -0.25) is 9.59 Å². The molecule has 4 aromatic rings. The summed E-state index contributed by atoms with van der Waals surface area (Å²) in [5.74, 6) is -0.243. The number of amides is 1. The van der Waals surface area contributed by atoms with E-state index in [-0.39, 0.29) is 0 Å². The molecule has 3 heterocycles. The van der Waals surface area contributed by atoms with Gasteiger partial charge >= 0.3 is 0 Å². The lowest BCUT2D eigenvalue weighted by atomic mass is 10.0. The highest BCUT2D eigenvalue weighted by Crippen LogP contribution is 2.29. The van der Waals surface area contributed by atoms with Crippen molar-refractivity contribution in [2.45, 2.75) is 13.5 Å². The van der Waals surface area contributed by atoms with E-state index in [1.54, 1.807) is 7.11 Å². The molecule has 39 heavy (non-hydrogen) atoms. The Morgan fingerprint density at radius 1 is 0.897 bits per heavy atom. The van der Waals surface area contributed by atoms with E-state index in [2.05, 4.69) is 20.1 Å². The van der Waals surface area contributed by atoms with Crippen molar-refractivity contribution in [3.63, 3.8) is 0 Å². The normalized spacial score (nSPS) is 13.4. The maximum absolute atomic E-state index is 13.5. The number of hydrogen-bond donors (Lipinski definition) is 1. The summed E-state index contributed by atoms with van der Waals surface area (Å²) < 4.78 is 7.12. The van der Waals surface area contributed by atoms with Crippen LogP contribution in [0.25, 0.3) is 11.1 Å². The molecule has 1 amide bonds. The zero-order valence-electron chi connectivity index (χ0n) is 22.3. The van der Waals surface area contributed by atoms with Crippen LogP contribution < -0.4 is 15.1 Å². The lowest BCUT2D eigenvalue weighted by Gasteiger charge is -2.36. The second-order valence-corrected chi connectivity index (χ2v) is 9.55. The zero-order chi connectivity index (χ0) is 27.2. The molecule has 8 nitrogen and oxygen atoms in total. The average molecular weight is 524 g/mol. The number of ether oxygens (including phenoxy) is 1. The van der Waals surface area contributed by atoms with E-state index in [4.69, 9.17) is 4.74 Å². The van der Waals surface area contributed by atoms with Crippen LogP contribution in [-0.2, 0) is 16.1 Å². The number of anilines is 3. The number of ketones is 1. The summed E-state index contributed by atoms with van der Waals surface area (Å²) in [4.78, 5) is 35.7. The minimum atomic E-state index is -0.666. The topological polar surface area (TPSA) is 79.7 Å². The molecule has 0 aliphatic carbocycles. The number of rotatable bonds is 9. The highest BCUT2D eigenvalue weighted by atomic mass is 16.5. The molecule has 1 aliphatic rings. The summed E-state index contributed by atoms with van der Waals surface area (Å²) in [6.07, 6.45) is 1.82. The highest BCUT2D eigenvalue weighted by Gasteiger charge is 2.26. The number of Topliss-reactive ketones (excluding diaryl/α,β-unsaturated/α-hetero) is 1. The van der Waals surface area contributed by atoms with Gasteiger partial charge in [-0.05, 0) is 55.0 Å². The molecule has 0 atom stereocenters. The Morgan fingerprint density at radius 2 is 1.59 bits per heavy atom. The Balaban J connectivity index is 1.28. The largest absolute Gasteiger partial charge is 0.383 e. The highest BCUT2D eigenvalue weighted by molar-refractivity contribution is 6.47. The fourth-order valence-electron chi connectivity index (χ4n) is 5.02. The maximum atomic E-state index is 13.5. The van der Waals surface area contributed by atoms with Gasteiger partial charge in [0.05, 0.1) is 6.61 Å². The van der Waals surface area contributed by atoms with Crippen LogP contribution in [0.1, 0.15) is 16.2 Å². The Labute approximate surface area is 228 Å². The monoisotopic (exact) mass is 523 g/mol. The minimum Gasteiger partial charge on any atom is -0.383 e. The molecule has 1 fully saturated rings. The molecule has 1 aliphatic heterocycles. The van der Waals surface area contributed by atoms with Gasteiger partial charge in [0, 0.05) is 68.7 Å². The number of methoxy groups -OCH3 is 1. The molecule has 0 unspecified atom stereocenters. The van der Waals surface area contributed by atoms with E-state index in [0.717, 1.165) is 54.5 Å². The van der Waals surface area contributed by atoms with E-state index < -0.39 is 11.7 Å². The van der Waals surface area contributed by atoms with Crippen LogP contribution in [0.5, 0.6) is 0 Å². The smallest absolute Gasteiger partial charge is 0.298 e. The van der Waals surface area contributed by atoms with Crippen LogP contribution in [0.3, 0.4) is 0 Å². The quantitative estimate of drug-likeness (QED) is 0.254. The van der Waals surface area contributed by atoms with Crippen LogP contribution in [0.2, 0.25) is 0 Å². The number of carbonyl (C=O) groups is 2. The van der Waals surface area contributed by atoms with Crippen LogP contribution >= 0.6 is 0 Å². The predicted molar refractivity (Wildman–Crippen MR) is 155 cm³/mol. The maximum Gasteiger partial charge on any atom is 0.298 e. The molecule has 0 spiro atoms. The van der Waals surface area contributed by atoms with Gasteiger partial charge in [0.15, 0.2) is 0 Å². The number of aryl methyl sites for hydroxylation is 1. The van der Waals surface area contributed by atoms with Crippen molar-refractivity contribution in [3.05, 3.63) is 96.4 Å². The summed E-state index contributed by atoms with van der Waals surface area (Å²) in [5, 5.41) is 2.80. The fourth-order valence-corrected chi connectivity index (χ4v) is 5.02. The first-order valence-electron chi connectivity index (χ1n) is 13.2. The van der Waals surface area contributed by atoms with Crippen LogP contribution in [0, 0.1) is 6.92 Å². The lowest BCUT2D eigenvalue weighted by Crippen LogP contribution is -2.46. The first kappa shape index (κ1) is 26.2. The summed E-state index contributed by atoms with van der Waals surface area (Å²) in [7, 11) is 1.62. The molecule has 5 rings (SSSR count). The van der Waals surface area contributed by atoms with E-state index >= 15 is 0 Å². The third-order valence-corrected chi connectivity index (χ3v) is 7.07. The Morgan fingerprint density at radius 3 is 2.26 bits per heavy atom. The zero-order valence-corrected chi connectivity index (χ0v) is 22.3. The number of aromatic nitrogens is 2. The van der Waals surface area contributed by atoms with Gasteiger partial charge in [-0.2, -0.15) is 0 Å². The predicted octanol–water partition coefficient (Wildman–Crippen LogP) is 4.65. The Kier molecular flexibility index (Phi) is 8.03. The third-order valence-electron chi connectivity index (χ3n) is 7.07. The summed E-state index contributed by atoms with van der Waals surface area (Å²) in [6, 6.07) is 25.2. The summed E-state index contributed by atoms with van der Waals surface area (Å²) in [6.45, 7) is 6.37. The first-order valence-corrected chi connectivity index (χ1v) is 13.2. The number of hydrogen-bond acceptors (Lipinski definition) is 6. The number of nitrogens with zero attached hydrogens (tertiary/aromatic N) is 4. The second kappa shape index (κ2) is 12.0.